The zero-order chi connectivity index (χ0) is 13.0. The van der Waals surface area contributed by atoms with Crippen molar-refractivity contribution in [1.82, 2.24) is 5.16 Å². The molecule has 94 valence electrons. The summed E-state index contributed by atoms with van der Waals surface area (Å²) in [4.78, 5) is 10.4. The van der Waals surface area contributed by atoms with E-state index in [1.54, 1.807) is 0 Å². The first kappa shape index (κ1) is 12.4. The SMILES string of the molecule is Cc1noc(C)c1COc1ccc(CC=O)cc1. The standard InChI is InChI=1S/C14H15NO3/c1-10-14(11(2)18-15-10)9-17-13-5-3-12(4-6-13)7-8-16/h3-6,8H,7,9H2,1-2H3. The molecule has 0 saturated carbocycles. The van der Waals surface area contributed by atoms with Crippen molar-refractivity contribution in [2.24, 2.45) is 0 Å². The van der Waals surface area contributed by atoms with Gasteiger partial charge in [0.2, 0.25) is 0 Å². The molecule has 2 rings (SSSR count). The minimum absolute atomic E-state index is 0.435. The number of hydrogen-bond donors (Lipinski definition) is 0. The van der Waals surface area contributed by atoms with Gasteiger partial charge in [-0.25, -0.2) is 0 Å². The normalized spacial score (nSPS) is 10.3. The Bertz CT molecular complexity index is 509. The smallest absolute Gasteiger partial charge is 0.140 e. The average Bonchev–Trinajstić information content (AvgIpc) is 2.69. The highest BCUT2D eigenvalue weighted by Crippen LogP contribution is 2.17. The zero-order valence-corrected chi connectivity index (χ0v) is 10.5. The van der Waals surface area contributed by atoms with Gasteiger partial charge in [0.25, 0.3) is 0 Å². The fourth-order valence-electron chi connectivity index (χ4n) is 1.68. The largest absolute Gasteiger partial charge is 0.489 e. The molecule has 0 amide bonds. The van der Waals surface area contributed by atoms with E-state index >= 15 is 0 Å². The van der Waals surface area contributed by atoms with E-state index < -0.39 is 0 Å². The van der Waals surface area contributed by atoms with Gasteiger partial charge in [0, 0.05) is 6.42 Å². The van der Waals surface area contributed by atoms with Gasteiger partial charge in [-0.2, -0.15) is 0 Å². The molecule has 0 saturated heterocycles. The van der Waals surface area contributed by atoms with Gasteiger partial charge in [-0.15, -0.1) is 0 Å². The van der Waals surface area contributed by atoms with Gasteiger partial charge in [0.05, 0.1) is 11.3 Å². The molecule has 0 unspecified atom stereocenters. The maximum Gasteiger partial charge on any atom is 0.140 e. The van der Waals surface area contributed by atoms with E-state index in [4.69, 9.17) is 9.26 Å². The van der Waals surface area contributed by atoms with Crippen LogP contribution < -0.4 is 4.74 Å². The molecule has 0 bridgehead atoms. The number of nitrogens with zero attached hydrogens (tertiary/aromatic N) is 1. The summed E-state index contributed by atoms with van der Waals surface area (Å²) in [6.45, 7) is 4.20. The summed E-state index contributed by atoms with van der Waals surface area (Å²) in [5.74, 6) is 1.55. The van der Waals surface area contributed by atoms with Crippen molar-refractivity contribution >= 4 is 6.29 Å². The highest BCUT2D eigenvalue weighted by atomic mass is 16.5. The lowest BCUT2D eigenvalue weighted by atomic mass is 10.1. The monoisotopic (exact) mass is 245 g/mol. The molecular weight excluding hydrogens is 230 g/mol. The van der Waals surface area contributed by atoms with Crippen LogP contribution in [0.4, 0.5) is 0 Å². The third-order valence-corrected chi connectivity index (χ3v) is 2.81. The molecule has 0 aliphatic heterocycles. The number of aldehydes is 1. The van der Waals surface area contributed by atoms with Gasteiger partial charge in [-0.1, -0.05) is 17.3 Å². The van der Waals surface area contributed by atoms with Crippen molar-refractivity contribution in [3.63, 3.8) is 0 Å². The third kappa shape index (κ3) is 2.77. The average molecular weight is 245 g/mol. The van der Waals surface area contributed by atoms with Crippen LogP contribution in [-0.2, 0) is 17.8 Å². The van der Waals surface area contributed by atoms with E-state index in [0.29, 0.717) is 13.0 Å². The number of ether oxygens (including phenoxy) is 1. The quantitative estimate of drug-likeness (QED) is 0.760. The van der Waals surface area contributed by atoms with Crippen LogP contribution in [0.15, 0.2) is 28.8 Å². The zero-order valence-electron chi connectivity index (χ0n) is 10.5. The Morgan fingerprint density at radius 2 is 2.00 bits per heavy atom. The van der Waals surface area contributed by atoms with Crippen LogP contribution in [0, 0.1) is 13.8 Å². The summed E-state index contributed by atoms with van der Waals surface area (Å²) in [6.07, 6.45) is 1.32. The van der Waals surface area contributed by atoms with Gasteiger partial charge in [0.1, 0.15) is 24.4 Å². The summed E-state index contributed by atoms with van der Waals surface area (Å²) < 4.78 is 10.7. The Balaban J connectivity index is 2.00. The lowest BCUT2D eigenvalue weighted by molar-refractivity contribution is -0.107. The maximum atomic E-state index is 10.4. The van der Waals surface area contributed by atoms with E-state index in [2.05, 4.69) is 5.16 Å². The summed E-state index contributed by atoms with van der Waals surface area (Å²) >= 11 is 0. The van der Waals surface area contributed by atoms with Crippen LogP contribution in [0.2, 0.25) is 0 Å². The number of benzene rings is 1. The van der Waals surface area contributed by atoms with E-state index in [1.165, 1.54) is 0 Å². The summed E-state index contributed by atoms with van der Waals surface area (Å²) in [5, 5.41) is 3.87. The van der Waals surface area contributed by atoms with Crippen LogP contribution in [0.1, 0.15) is 22.6 Å². The van der Waals surface area contributed by atoms with E-state index in [1.807, 2.05) is 38.1 Å². The highest BCUT2D eigenvalue weighted by Gasteiger charge is 2.09. The molecule has 0 radical (unpaired) electrons. The summed E-state index contributed by atoms with van der Waals surface area (Å²) in [6, 6.07) is 7.49. The molecule has 0 N–H and O–H groups in total. The van der Waals surface area contributed by atoms with Crippen molar-refractivity contribution in [1.29, 1.82) is 0 Å². The predicted octanol–water partition coefficient (Wildman–Crippen LogP) is 2.61. The van der Waals surface area contributed by atoms with Crippen molar-refractivity contribution in [2.45, 2.75) is 26.9 Å². The van der Waals surface area contributed by atoms with Gasteiger partial charge >= 0.3 is 0 Å². The predicted molar refractivity (Wildman–Crippen MR) is 66.5 cm³/mol. The van der Waals surface area contributed by atoms with Crippen LogP contribution >= 0.6 is 0 Å². The minimum atomic E-state index is 0.435. The lowest BCUT2D eigenvalue weighted by Gasteiger charge is -2.06. The Kier molecular flexibility index (Phi) is 3.77. The Labute approximate surface area is 106 Å². The van der Waals surface area contributed by atoms with Gasteiger partial charge in [-0.3, -0.25) is 0 Å². The molecule has 4 heteroatoms. The first-order valence-electron chi connectivity index (χ1n) is 5.78. The topological polar surface area (TPSA) is 52.3 Å². The first-order chi connectivity index (χ1) is 8.70. The van der Waals surface area contributed by atoms with Crippen molar-refractivity contribution in [2.75, 3.05) is 0 Å². The number of aryl methyl sites for hydroxylation is 2. The second-order valence-corrected chi connectivity index (χ2v) is 4.11. The highest BCUT2D eigenvalue weighted by molar-refractivity contribution is 5.55. The van der Waals surface area contributed by atoms with Crippen LogP contribution in [0.25, 0.3) is 0 Å². The molecule has 0 aliphatic rings. The summed E-state index contributed by atoms with van der Waals surface area (Å²) in [7, 11) is 0. The van der Waals surface area contributed by atoms with Crippen molar-refractivity contribution in [3.05, 3.63) is 46.8 Å². The number of rotatable bonds is 5. The molecule has 1 heterocycles. The molecule has 0 atom stereocenters. The van der Waals surface area contributed by atoms with E-state index in [-0.39, 0.29) is 0 Å². The number of carbonyl (C=O) groups excluding carboxylic acids is 1. The Morgan fingerprint density at radius 1 is 1.28 bits per heavy atom. The van der Waals surface area contributed by atoms with Gasteiger partial charge in [0.15, 0.2) is 0 Å². The van der Waals surface area contributed by atoms with Crippen LogP contribution in [0.5, 0.6) is 5.75 Å². The molecule has 18 heavy (non-hydrogen) atoms. The maximum absolute atomic E-state index is 10.4. The molecule has 1 aromatic heterocycles. The third-order valence-electron chi connectivity index (χ3n) is 2.81. The second-order valence-electron chi connectivity index (χ2n) is 4.11. The fraction of sp³-hybridized carbons (Fsp3) is 0.286. The van der Waals surface area contributed by atoms with Crippen LogP contribution in [0.3, 0.4) is 0 Å². The molecular formula is C14H15NO3. The summed E-state index contributed by atoms with van der Waals surface area (Å²) in [5.41, 5.74) is 2.81. The number of carbonyl (C=O) groups is 1. The molecule has 0 spiro atoms. The van der Waals surface area contributed by atoms with E-state index in [0.717, 1.165) is 34.6 Å². The van der Waals surface area contributed by atoms with Gasteiger partial charge in [-0.05, 0) is 31.5 Å². The Morgan fingerprint density at radius 3 is 2.56 bits per heavy atom. The number of aromatic nitrogens is 1. The number of hydrogen-bond acceptors (Lipinski definition) is 4. The molecule has 4 nitrogen and oxygen atoms in total. The minimum Gasteiger partial charge on any atom is -0.489 e. The van der Waals surface area contributed by atoms with Crippen molar-refractivity contribution in [3.8, 4) is 5.75 Å². The van der Waals surface area contributed by atoms with Crippen molar-refractivity contribution < 1.29 is 14.1 Å². The Hall–Kier alpha value is -2.10. The molecule has 0 fully saturated rings. The molecule has 2 aromatic rings. The molecule has 0 aliphatic carbocycles. The molecule has 1 aromatic carbocycles. The van der Waals surface area contributed by atoms with Crippen LogP contribution in [-0.4, -0.2) is 11.4 Å². The second kappa shape index (κ2) is 5.49. The van der Waals surface area contributed by atoms with Gasteiger partial charge < -0.3 is 14.1 Å². The fourth-order valence-corrected chi connectivity index (χ4v) is 1.68. The first-order valence-corrected chi connectivity index (χ1v) is 5.78. The lowest BCUT2D eigenvalue weighted by Crippen LogP contribution is -1.98. The van der Waals surface area contributed by atoms with E-state index in [9.17, 15) is 4.79 Å².